The zero-order valence-corrected chi connectivity index (χ0v) is 17.9. The highest BCUT2D eigenvalue weighted by atomic mass is 32.2. The van der Waals surface area contributed by atoms with Crippen molar-refractivity contribution in [3.05, 3.63) is 48.3 Å². The Hall–Kier alpha value is -3.07. The van der Waals surface area contributed by atoms with Gasteiger partial charge in [-0.1, -0.05) is 6.07 Å². The van der Waals surface area contributed by atoms with Crippen LogP contribution < -0.4 is 14.2 Å². The molecule has 0 spiro atoms. The zero-order valence-electron chi connectivity index (χ0n) is 17.1. The van der Waals surface area contributed by atoms with E-state index in [1.807, 2.05) is 0 Å². The number of hydrogen-bond acceptors (Lipinski definition) is 6. The number of nitrogens with one attached hydrogen (secondary N) is 2. The van der Waals surface area contributed by atoms with Crippen molar-refractivity contribution in [2.45, 2.75) is 36.0 Å². The van der Waals surface area contributed by atoms with Crippen molar-refractivity contribution in [2.24, 2.45) is 5.92 Å². The predicted molar refractivity (Wildman–Crippen MR) is 114 cm³/mol. The first-order chi connectivity index (χ1) is 14.9. The lowest BCUT2D eigenvalue weighted by Gasteiger charge is -2.20. The molecule has 2 saturated carbocycles. The molecule has 0 atom stereocenters. The maximum Gasteiger partial charge on any atom is 0.264 e. The topological polar surface area (TPSA) is 110 Å². The molecule has 0 unspecified atom stereocenters. The number of rotatable bonds is 8. The molecule has 1 amide bonds. The molecule has 2 aromatic heterocycles. The van der Waals surface area contributed by atoms with E-state index in [0.717, 1.165) is 12.8 Å². The highest BCUT2D eigenvalue weighted by Crippen LogP contribution is 2.52. The summed E-state index contributed by atoms with van der Waals surface area (Å²) in [6.45, 7) is 0.562. The third kappa shape index (κ3) is 3.63. The molecule has 3 aromatic rings. The SMILES string of the molecule is COc1cc(C2(C(=O)NS(=O)(=O)c3cccc4[nH]ccc34)CC2)c(OCC2CC2)cn1. The molecule has 2 fully saturated rings. The number of sulfonamides is 1. The number of pyridine rings is 1. The van der Waals surface area contributed by atoms with Crippen LogP contribution in [0.5, 0.6) is 11.6 Å². The quantitative estimate of drug-likeness (QED) is 0.556. The van der Waals surface area contributed by atoms with Crippen LogP contribution in [0.15, 0.2) is 47.6 Å². The summed E-state index contributed by atoms with van der Waals surface area (Å²) < 4.78 is 39.6. The minimum atomic E-state index is -4.06. The van der Waals surface area contributed by atoms with E-state index in [2.05, 4.69) is 14.7 Å². The predicted octanol–water partition coefficient (Wildman–Crippen LogP) is 2.90. The summed E-state index contributed by atoms with van der Waals surface area (Å²) in [4.78, 5) is 20.5. The lowest BCUT2D eigenvalue weighted by molar-refractivity contribution is -0.121. The Kier molecular flexibility index (Phi) is 4.65. The fourth-order valence-corrected chi connectivity index (χ4v) is 5.10. The number of methoxy groups -OCH3 is 1. The van der Waals surface area contributed by atoms with Crippen LogP contribution in [0, 0.1) is 5.92 Å². The van der Waals surface area contributed by atoms with E-state index in [1.54, 1.807) is 36.7 Å². The first kappa shape index (κ1) is 19.9. The minimum absolute atomic E-state index is 0.0629. The number of H-pyrrole nitrogens is 1. The number of aromatic amines is 1. The summed E-state index contributed by atoms with van der Waals surface area (Å²) >= 11 is 0. The summed E-state index contributed by atoms with van der Waals surface area (Å²) in [5, 5.41) is 0.534. The number of carbonyl (C=O) groups excluding carboxylic acids is 1. The number of aromatic nitrogens is 2. The lowest BCUT2D eigenvalue weighted by atomic mass is 9.95. The largest absolute Gasteiger partial charge is 0.491 e. The third-order valence-electron chi connectivity index (χ3n) is 5.99. The molecule has 5 rings (SSSR count). The van der Waals surface area contributed by atoms with Crippen molar-refractivity contribution in [3.8, 4) is 11.6 Å². The molecule has 2 N–H and O–H groups in total. The van der Waals surface area contributed by atoms with Crippen molar-refractivity contribution in [2.75, 3.05) is 13.7 Å². The van der Waals surface area contributed by atoms with Crippen LogP contribution in [-0.4, -0.2) is 38.0 Å². The second kappa shape index (κ2) is 7.26. The van der Waals surface area contributed by atoms with Gasteiger partial charge in [0.15, 0.2) is 0 Å². The first-order valence-corrected chi connectivity index (χ1v) is 11.7. The zero-order chi connectivity index (χ0) is 21.6. The molecule has 8 nitrogen and oxygen atoms in total. The molecular weight excluding hydrogens is 418 g/mol. The molecule has 2 heterocycles. The minimum Gasteiger partial charge on any atom is -0.491 e. The fraction of sp³-hybridized carbons (Fsp3) is 0.364. The number of nitrogens with zero attached hydrogens (tertiary/aromatic N) is 1. The monoisotopic (exact) mass is 441 g/mol. The number of fused-ring (bicyclic) bond motifs is 1. The molecule has 9 heteroatoms. The van der Waals surface area contributed by atoms with Crippen LogP contribution in [0.3, 0.4) is 0 Å². The summed E-state index contributed by atoms with van der Waals surface area (Å²) in [6, 6.07) is 8.27. The van der Waals surface area contributed by atoms with Gasteiger partial charge in [0, 0.05) is 28.7 Å². The van der Waals surface area contributed by atoms with Crippen LogP contribution in [0.4, 0.5) is 0 Å². The Bertz CT molecular complexity index is 1260. The van der Waals surface area contributed by atoms with Gasteiger partial charge < -0.3 is 14.5 Å². The van der Waals surface area contributed by atoms with E-state index < -0.39 is 21.3 Å². The Balaban J connectivity index is 1.46. The second-order valence-electron chi connectivity index (χ2n) is 8.19. The normalized spacial score (nSPS) is 17.3. The van der Waals surface area contributed by atoms with Gasteiger partial charge >= 0.3 is 0 Å². The average molecular weight is 442 g/mol. The molecule has 0 saturated heterocycles. The molecule has 0 radical (unpaired) electrons. The Morgan fingerprint density at radius 1 is 1.29 bits per heavy atom. The number of hydrogen-bond donors (Lipinski definition) is 2. The fourth-order valence-electron chi connectivity index (χ4n) is 3.83. The molecular formula is C22H23N3O5S. The Morgan fingerprint density at radius 2 is 2.10 bits per heavy atom. The van der Waals surface area contributed by atoms with Gasteiger partial charge in [-0.25, -0.2) is 18.1 Å². The highest BCUT2D eigenvalue weighted by molar-refractivity contribution is 7.90. The van der Waals surface area contributed by atoms with Crippen LogP contribution >= 0.6 is 0 Å². The van der Waals surface area contributed by atoms with Gasteiger partial charge in [-0.15, -0.1) is 0 Å². The van der Waals surface area contributed by atoms with E-state index in [1.165, 1.54) is 13.2 Å². The summed E-state index contributed by atoms with van der Waals surface area (Å²) in [5.74, 6) is 0.823. The molecule has 2 aliphatic carbocycles. The van der Waals surface area contributed by atoms with E-state index in [4.69, 9.17) is 9.47 Å². The van der Waals surface area contributed by atoms with Crippen LogP contribution in [0.1, 0.15) is 31.2 Å². The van der Waals surface area contributed by atoms with E-state index >= 15 is 0 Å². The van der Waals surface area contributed by atoms with Gasteiger partial charge in [0.05, 0.1) is 30.2 Å². The Morgan fingerprint density at radius 3 is 2.81 bits per heavy atom. The summed E-state index contributed by atoms with van der Waals surface area (Å²) in [5.41, 5.74) is 0.326. The smallest absolute Gasteiger partial charge is 0.264 e. The van der Waals surface area contributed by atoms with Crippen molar-refractivity contribution in [1.82, 2.24) is 14.7 Å². The van der Waals surface area contributed by atoms with Crippen molar-refractivity contribution >= 4 is 26.8 Å². The molecule has 162 valence electrons. The van der Waals surface area contributed by atoms with Gasteiger partial charge in [-0.05, 0) is 49.8 Å². The van der Waals surface area contributed by atoms with Gasteiger partial charge in [0.2, 0.25) is 11.8 Å². The lowest BCUT2D eigenvalue weighted by Crippen LogP contribution is -2.39. The number of benzene rings is 1. The number of ether oxygens (including phenoxy) is 2. The molecule has 31 heavy (non-hydrogen) atoms. The second-order valence-corrected chi connectivity index (χ2v) is 9.84. The summed E-state index contributed by atoms with van der Waals surface area (Å²) in [6.07, 6.45) is 6.53. The third-order valence-corrected chi connectivity index (χ3v) is 7.38. The van der Waals surface area contributed by atoms with Crippen LogP contribution in [-0.2, 0) is 20.2 Å². The van der Waals surface area contributed by atoms with E-state index in [-0.39, 0.29) is 4.90 Å². The van der Waals surface area contributed by atoms with Crippen molar-refractivity contribution in [3.63, 3.8) is 0 Å². The summed E-state index contributed by atoms with van der Waals surface area (Å²) in [7, 11) is -2.56. The van der Waals surface area contributed by atoms with Crippen LogP contribution in [0.2, 0.25) is 0 Å². The van der Waals surface area contributed by atoms with Crippen molar-refractivity contribution < 1.29 is 22.7 Å². The van der Waals surface area contributed by atoms with Gasteiger partial charge in [0.1, 0.15) is 5.75 Å². The average Bonchev–Trinajstić information content (AvgIpc) is 3.69. The van der Waals surface area contributed by atoms with Crippen LogP contribution in [0.25, 0.3) is 10.9 Å². The van der Waals surface area contributed by atoms with Gasteiger partial charge in [-0.3, -0.25) is 4.79 Å². The number of amides is 1. The molecule has 2 aliphatic rings. The van der Waals surface area contributed by atoms with Gasteiger partial charge in [0.25, 0.3) is 10.0 Å². The maximum absolute atomic E-state index is 13.3. The molecule has 1 aromatic carbocycles. The van der Waals surface area contributed by atoms with Crippen molar-refractivity contribution in [1.29, 1.82) is 0 Å². The maximum atomic E-state index is 13.3. The first-order valence-electron chi connectivity index (χ1n) is 10.2. The van der Waals surface area contributed by atoms with E-state index in [0.29, 0.717) is 53.5 Å². The van der Waals surface area contributed by atoms with E-state index in [9.17, 15) is 13.2 Å². The number of carbonyl (C=O) groups is 1. The molecule has 0 aliphatic heterocycles. The Labute approximate surface area is 180 Å². The molecule has 0 bridgehead atoms. The highest BCUT2D eigenvalue weighted by Gasteiger charge is 2.54. The van der Waals surface area contributed by atoms with Gasteiger partial charge in [-0.2, -0.15) is 0 Å². The standard InChI is InChI=1S/C22H23N3O5S/c1-29-20-11-16(18(12-24-20)30-13-14-5-6-14)22(8-9-22)21(26)25-31(27,28)19-4-2-3-17-15(19)7-10-23-17/h2-4,7,10-12,14,23H,5-6,8-9,13H2,1H3,(H,25,26).